The standard InChI is InChI=1S/C21H21NO5S/c1-14-15(2)22-20-7-5-4-6-18(20)19(14)13-28(24,25)27-12-16-8-10-17(11-9-16)21(23)26-3/h4-11H,12-13H2,1-3H3. The Hall–Kier alpha value is -2.77. The summed E-state index contributed by atoms with van der Waals surface area (Å²) in [6, 6.07) is 13.9. The Morgan fingerprint density at radius 3 is 2.39 bits per heavy atom. The normalized spacial score (nSPS) is 11.5. The first kappa shape index (κ1) is 20.0. The summed E-state index contributed by atoms with van der Waals surface area (Å²) in [6.45, 7) is 3.62. The minimum absolute atomic E-state index is 0.106. The van der Waals surface area contributed by atoms with Crippen molar-refractivity contribution < 1.29 is 22.1 Å². The fourth-order valence-electron chi connectivity index (χ4n) is 2.93. The van der Waals surface area contributed by atoms with Gasteiger partial charge < -0.3 is 4.74 Å². The molecule has 0 aliphatic carbocycles. The van der Waals surface area contributed by atoms with Crippen LogP contribution in [0.3, 0.4) is 0 Å². The summed E-state index contributed by atoms with van der Waals surface area (Å²) in [6.07, 6.45) is 0. The van der Waals surface area contributed by atoms with Gasteiger partial charge in [-0.25, -0.2) is 4.79 Å². The number of pyridine rings is 1. The second-order valence-electron chi connectivity index (χ2n) is 6.47. The molecule has 1 heterocycles. The van der Waals surface area contributed by atoms with Crippen LogP contribution < -0.4 is 0 Å². The smallest absolute Gasteiger partial charge is 0.337 e. The summed E-state index contributed by atoms with van der Waals surface area (Å²) in [5.74, 6) is -0.682. The first-order valence-corrected chi connectivity index (χ1v) is 10.3. The Morgan fingerprint density at radius 2 is 1.71 bits per heavy atom. The fraction of sp³-hybridized carbons (Fsp3) is 0.238. The number of methoxy groups -OCH3 is 1. The van der Waals surface area contributed by atoms with Crippen molar-refractivity contribution in [3.63, 3.8) is 0 Å². The Bertz CT molecular complexity index is 1120. The highest BCUT2D eigenvalue weighted by Gasteiger charge is 2.19. The number of carbonyl (C=O) groups is 1. The minimum Gasteiger partial charge on any atom is -0.465 e. The van der Waals surface area contributed by atoms with Gasteiger partial charge in [0.25, 0.3) is 10.1 Å². The Kier molecular flexibility index (Phi) is 5.76. The predicted molar refractivity (Wildman–Crippen MR) is 106 cm³/mol. The average Bonchev–Trinajstić information content (AvgIpc) is 2.69. The number of fused-ring (bicyclic) bond motifs is 1. The van der Waals surface area contributed by atoms with E-state index in [-0.39, 0.29) is 12.4 Å². The molecule has 0 aliphatic rings. The number of esters is 1. The van der Waals surface area contributed by atoms with E-state index < -0.39 is 16.1 Å². The van der Waals surface area contributed by atoms with Gasteiger partial charge in [0.1, 0.15) is 5.75 Å². The number of benzene rings is 2. The van der Waals surface area contributed by atoms with Crippen LogP contribution in [0.2, 0.25) is 0 Å². The van der Waals surface area contributed by atoms with E-state index in [0.717, 1.165) is 22.2 Å². The summed E-state index contributed by atoms with van der Waals surface area (Å²) < 4.78 is 35.0. The molecule has 3 aromatic rings. The predicted octanol–water partition coefficient (Wildman–Crippen LogP) is 3.68. The highest BCUT2D eigenvalue weighted by molar-refractivity contribution is 7.85. The van der Waals surface area contributed by atoms with Gasteiger partial charge in [0, 0.05) is 11.1 Å². The van der Waals surface area contributed by atoms with Crippen LogP contribution in [0.25, 0.3) is 10.9 Å². The van der Waals surface area contributed by atoms with E-state index in [9.17, 15) is 13.2 Å². The lowest BCUT2D eigenvalue weighted by molar-refractivity contribution is 0.0600. The number of aromatic nitrogens is 1. The maximum atomic E-state index is 12.6. The van der Waals surface area contributed by atoms with Crippen molar-refractivity contribution in [3.05, 3.63) is 76.5 Å². The average molecular weight is 399 g/mol. The zero-order valence-electron chi connectivity index (χ0n) is 15.9. The molecule has 0 radical (unpaired) electrons. The third kappa shape index (κ3) is 4.37. The molecule has 0 unspecified atom stereocenters. The van der Waals surface area contributed by atoms with Gasteiger partial charge in [0.15, 0.2) is 0 Å². The van der Waals surface area contributed by atoms with E-state index in [1.54, 1.807) is 24.3 Å². The number of rotatable bonds is 6. The Balaban J connectivity index is 1.79. The summed E-state index contributed by atoms with van der Waals surface area (Å²) in [4.78, 5) is 16.0. The molecule has 0 atom stereocenters. The monoisotopic (exact) mass is 399 g/mol. The van der Waals surface area contributed by atoms with E-state index in [2.05, 4.69) is 9.72 Å². The van der Waals surface area contributed by atoms with Gasteiger partial charge in [0.05, 0.1) is 24.8 Å². The van der Waals surface area contributed by atoms with E-state index in [1.807, 2.05) is 38.1 Å². The number of aryl methyl sites for hydroxylation is 1. The van der Waals surface area contributed by atoms with Crippen LogP contribution in [0.1, 0.15) is 32.7 Å². The molecule has 0 saturated heterocycles. The zero-order chi connectivity index (χ0) is 20.3. The van der Waals surface area contributed by atoms with Gasteiger partial charge in [-0.2, -0.15) is 8.42 Å². The van der Waals surface area contributed by atoms with Gasteiger partial charge in [-0.1, -0.05) is 30.3 Å². The second kappa shape index (κ2) is 8.08. The largest absolute Gasteiger partial charge is 0.465 e. The van der Waals surface area contributed by atoms with Crippen molar-refractivity contribution in [1.82, 2.24) is 4.98 Å². The molecule has 0 aliphatic heterocycles. The zero-order valence-corrected chi connectivity index (χ0v) is 16.7. The summed E-state index contributed by atoms with van der Waals surface area (Å²) in [5, 5.41) is 0.806. The molecule has 0 bridgehead atoms. The first-order chi connectivity index (χ1) is 13.3. The number of para-hydroxylation sites is 1. The first-order valence-electron chi connectivity index (χ1n) is 8.70. The van der Waals surface area contributed by atoms with Crippen LogP contribution in [0.4, 0.5) is 0 Å². The Labute approximate surface area is 164 Å². The van der Waals surface area contributed by atoms with Gasteiger partial charge in [-0.05, 0) is 48.7 Å². The minimum atomic E-state index is -3.81. The maximum Gasteiger partial charge on any atom is 0.337 e. The molecule has 3 rings (SSSR count). The van der Waals surface area contributed by atoms with Crippen molar-refractivity contribution >= 4 is 27.0 Å². The number of nitrogens with zero attached hydrogens (tertiary/aromatic N) is 1. The third-order valence-corrected chi connectivity index (χ3v) is 5.73. The molecule has 1 aromatic heterocycles. The molecule has 6 nitrogen and oxygen atoms in total. The lowest BCUT2D eigenvalue weighted by atomic mass is 10.0. The fourth-order valence-corrected chi connectivity index (χ4v) is 4.05. The molecular formula is C21H21NO5S. The molecule has 0 N–H and O–H groups in total. The molecule has 146 valence electrons. The van der Waals surface area contributed by atoms with Gasteiger partial charge in [-0.3, -0.25) is 9.17 Å². The summed E-state index contributed by atoms with van der Waals surface area (Å²) in [5.41, 5.74) is 4.13. The van der Waals surface area contributed by atoms with Gasteiger partial charge >= 0.3 is 5.97 Å². The van der Waals surface area contributed by atoms with Gasteiger partial charge in [0.2, 0.25) is 0 Å². The molecule has 0 amide bonds. The maximum absolute atomic E-state index is 12.6. The second-order valence-corrected chi connectivity index (χ2v) is 8.11. The molecule has 0 saturated carbocycles. The van der Waals surface area contributed by atoms with Crippen LogP contribution in [0.5, 0.6) is 0 Å². The van der Waals surface area contributed by atoms with Crippen LogP contribution in [0.15, 0.2) is 48.5 Å². The van der Waals surface area contributed by atoms with Gasteiger partial charge in [-0.15, -0.1) is 0 Å². The van der Waals surface area contributed by atoms with Crippen LogP contribution >= 0.6 is 0 Å². The lowest BCUT2D eigenvalue weighted by Gasteiger charge is -2.13. The van der Waals surface area contributed by atoms with Crippen LogP contribution in [0, 0.1) is 13.8 Å². The molecule has 7 heteroatoms. The van der Waals surface area contributed by atoms with E-state index in [4.69, 9.17) is 4.18 Å². The quantitative estimate of drug-likeness (QED) is 0.464. The van der Waals surface area contributed by atoms with E-state index in [1.165, 1.54) is 7.11 Å². The van der Waals surface area contributed by atoms with E-state index >= 15 is 0 Å². The number of hydrogen-bond donors (Lipinski definition) is 0. The van der Waals surface area contributed by atoms with Crippen molar-refractivity contribution in [2.45, 2.75) is 26.2 Å². The Morgan fingerprint density at radius 1 is 1.04 bits per heavy atom. The molecule has 0 fully saturated rings. The number of carbonyl (C=O) groups excluding carboxylic acids is 1. The third-order valence-electron chi connectivity index (χ3n) is 4.61. The van der Waals surface area contributed by atoms with E-state index in [0.29, 0.717) is 16.7 Å². The van der Waals surface area contributed by atoms with Crippen LogP contribution in [-0.4, -0.2) is 26.5 Å². The summed E-state index contributed by atoms with van der Waals surface area (Å²) in [7, 11) is -2.51. The van der Waals surface area contributed by atoms with Crippen molar-refractivity contribution in [2.24, 2.45) is 0 Å². The molecular weight excluding hydrogens is 378 g/mol. The number of hydrogen-bond acceptors (Lipinski definition) is 6. The SMILES string of the molecule is COC(=O)c1ccc(COS(=O)(=O)Cc2c(C)c(C)nc3ccccc23)cc1. The van der Waals surface area contributed by atoms with Crippen molar-refractivity contribution in [3.8, 4) is 0 Å². The highest BCUT2D eigenvalue weighted by atomic mass is 32.2. The van der Waals surface area contributed by atoms with Crippen LogP contribution in [-0.2, 0) is 31.4 Å². The molecule has 28 heavy (non-hydrogen) atoms. The molecule has 2 aromatic carbocycles. The number of ether oxygens (including phenoxy) is 1. The molecule has 0 spiro atoms. The topological polar surface area (TPSA) is 82.6 Å². The summed E-state index contributed by atoms with van der Waals surface area (Å²) >= 11 is 0. The highest BCUT2D eigenvalue weighted by Crippen LogP contribution is 2.25. The lowest BCUT2D eigenvalue weighted by Crippen LogP contribution is -2.11. The van der Waals surface area contributed by atoms with Crippen molar-refractivity contribution in [2.75, 3.05) is 7.11 Å². The van der Waals surface area contributed by atoms with Crippen molar-refractivity contribution in [1.29, 1.82) is 0 Å².